The summed E-state index contributed by atoms with van der Waals surface area (Å²) in [5.41, 5.74) is 0. The predicted octanol–water partition coefficient (Wildman–Crippen LogP) is 7.29. The summed E-state index contributed by atoms with van der Waals surface area (Å²) in [5, 5.41) is 3.24. The van der Waals surface area contributed by atoms with Crippen LogP contribution < -0.4 is 0 Å². The summed E-state index contributed by atoms with van der Waals surface area (Å²) in [6.45, 7) is 0. The van der Waals surface area contributed by atoms with Crippen LogP contribution in [0.3, 0.4) is 0 Å². The van der Waals surface area contributed by atoms with E-state index in [4.69, 9.17) is 69.6 Å². The van der Waals surface area contributed by atoms with Gasteiger partial charge in [0.05, 0.1) is 20.1 Å². The summed E-state index contributed by atoms with van der Waals surface area (Å²) < 4.78 is 0. The van der Waals surface area contributed by atoms with Crippen LogP contribution in [0.4, 0.5) is 0 Å². The highest BCUT2D eigenvalue weighted by atomic mass is 35.5. The van der Waals surface area contributed by atoms with Gasteiger partial charge in [-0.1, -0.05) is 69.6 Å². The van der Waals surface area contributed by atoms with Gasteiger partial charge in [-0.3, -0.25) is 0 Å². The van der Waals surface area contributed by atoms with Crippen molar-refractivity contribution in [1.82, 2.24) is 0 Å². The van der Waals surface area contributed by atoms with Crippen molar-refractivity contribution in [3.63, 3.8) is 0 Å². The molecule has 0 spiro atoms. The number of rotatable bonds is 0. The third kappa shape index (κ3) is 5.44. The Morgan fingerprint density at radius 1 is 0.444 bits per heavy atom. The standard InChI is InChI=1S/2C6H3Cl3/c2*7-4-1-2-5(8)6(9)3-4/h2*1-3H. The third-order valence-corrected chi connectivity index (χ3v) is 3.71. The summed E-state index contributed by atoms with van der Waals surface area (Å²) in [6, 6.07) is 9.90. The lowest BCUT2D eigenvalue weighted by Gasteiger charge is -1.92. The van der Waals surface area contributed by atoms with Crippen LogP contribution in [0.25, 0.3) is 0 Å². The van der Waals surface area contributed by atoms with Gasteiger partial charge >= 0.3 is 0 Å². The summed E-state index contributed by atoms with van der Waals surface area (Å²) in [6.07, 6.45) is 0. The van der Waals surface area contributed by atoms with Crippen LogP contribution in [-0.2, 0) is 0 Å². The molecule has 0 radical (unpaired) electrons. The normalized spacial score (nSPS) is 9.67. The Morgan fingerprint density at radius 3 is 1.00 bits per heavy atom. The molecule has 0 heterocycles. The van der Waals surface area contributed by atoms with E-state index in [1.165, 1.54) is 0 Å². The lowest BCUT2D eigenvalue weighted by Crippen LogP contribution is -1.66. The van der Waals surface area contributed by atoms with E-state index in [1.54, 1.807) is 36.4 Å². The maximum atomic E-state index is 5.60. The molecule has 18 heavy (non-hydrogen) atoms. The Kier molecular flexibility index (Phi) is 6.94. The second-order valence-electron chi connectivity index (χ2n) is 3.12. The van der Waals surface area contributed by atoms with Gasteiger partial charge in [-0.05, 0) is 36.4 Å². The van der Waals surface area contributed by atoms with Crippen LogP contribution in [0.5, 0.6) is 0 Å². The molecule has 0 aliphatic heterocycles. The first kappa shape index (κ1) is 16.2. The molecular formula is C12H6Cl6. The Morgan fingerprint density at radius 2 is 0.778 bits per heavy atom. The average molecular weight is 363 g/mol. The van der Waals surface area contributed by atoms with E-state index >= 15 is 0 Å². The van der Waals surface area contributed by atoms with Gasteiger partial charge in [-0.25, -0.2) is 0 Å². The molecule has 6 heteroatoms. The van der Waals surface area contributed by atoms with Crippen LogP contribution in [0.15, 0.2) is 36.4 Å². The molecule has 2 aromatic carbocycles. The summed E-state index contributed by atoms with van der Waals surface area (Å²) in [4.78, 5) is 0. The minimum Gasteiger partial charge on any atom is -0.0843 e. The van der Waals surface area contributed by atoms with Crippen molar-refractivity contribution >= 4 is 69.6 Å². The molecule has 0 nitrogen and oxygen atoms in total. The topological polar surface area (TPSA) is 0 Å². The van der Waals surface area contributed by atoms with Crippen molar-refractivity contribution in [1.29, 1.82) is 0 Å². The number of benzene rings is 2. The Balaban J connectivity index is 0.000000180. The molecule has 0 bridgehead atoms. The molecule has 0 aliphatic rings. The smallest absolute Gasteiger partial charge is 0.0607 e. The van der Waals surface area contributed by atoms with Gasteiger partial charge in [-0.15, -0.1) is 0 Å². The molecule has 0 saturated heterocycles. The van der Waals surface area contributed by atoms with Crippen LogP contribution in [-0.4, -0.2) is 0 Å². The number of halogens is 6. The molecule has 0 fully saturated rings. The van der Waals surface area contributed by atoms with Gasteiger partial charge < -0.3 is 0 Å². The van der Waals surface area contributed by atoms with Gasteiger partial charge in [0.25, 0.3) is 0 Å². The Labute approximate surface area is 135 Å². The van der Waals surface area contributed by atoms with Crippen molar-refractivity contribution in [3.8, 4) is 0 Å². The lowest BCUT2D eigenvalue weighted by molar-refractivity contribution is 1.70. The minimum atomic E-state index is 0.490. The Hall–Kier alpha value is 0.180. The number of hydrogen-bond acceptors (Lipinski definition) is 0. The first-order chi connectivity index (χ1) is 8.40. The SMILES string of the molecule is Clc1ccc(Cl)c(Cl)c1.Clc1ccc(Cl)c(Cl)c1. The van der Waals surface area contributed by atoms with Gasteiger partial charge in [0, 0.05) is 10.0 Å². The van der Waals surface area contributed by atoms with E-state index in [0.717, 1.165) is 0 Å². The first-order valence-electron chi connectivity index (χ1n) is 4.61. The molecule has 0 aromatic heterocycles. The molecule has 0 atom stereocenters. The first-order valence-corrected chi connectivity index (χ1v) is 6.88. The fourth-order valence-corrected chi connectivity index (χ4v) is 1.99. The summed E-state index contributed by atoms with van der Waals surface area (Å²) in [5.74, 6) is 0. The average Bonchev–Trinajstić information content (AvgIpc) is 2.30. The molecule has 0 unspecified atom stereocenters. The quantitative estimate of drug-likeness (QED) is 0.431. The van der Waals surface area contributed by atoms with E-state index in [-0.39, 0.29) is 0 Å². The molecular weight excluding hydrogens is 357 g/mol. The molecule has 0 saturated carbocycles. The highest BCUT2D eigenvalue weighted by Crippen LogP contribution is 2.25. The van der Waals surface area contributed by atoms with Gasteiger partial charge in [0.15, 0.2) is 0 Å². The van der Waals surface area contributed by atoms with E-state index in [0.29, 0.717) is 30.1 Å². The Bertz CT molecular complexity index is 489. The zero-order valence-electron chi connectivity index (χ0n) is 8.73. The zero-order valence-corrected chi connectivity index (χ0v) is 13.3. The van der Waals surface area contributed by atoms with Crippen molar-refractivity contribution in [2.45, 2.75) is 0 Å². The van der Waals surface area contributed by atoms with E-state index < -0.39 is 0 Å². The van der Waals surface area contributed by atoms with Crippen LogP contribution in [0.2, 0.25) is 30.1 Å². The molecule has 0 aliphatic carbocycles. The fraction of sp³-hybridized carbons (Fsp3) is 0. The largest absolute Gasteiger partial charge is 0.0843 e. The number of hydrogen-bond donors (Lipinski definition) is 0. The maximum absolute atomic E-state index is 5.60. The fourth-order valence-electron chi connectivity index (χ4n) is 0.941. The van der Waals surface area contributed by atoms with E-state index in [9.17, 15) is 0 Å². The summed E-state index contributed by atoms with van der Waals surface area (Å²) in [7, 11) is 0. The molecule has 2 aromatic rings. The zero-order chi connectivity index (χ0) is 13.7. The van der Waals surface area contributed by atoms with E-state index in [2.05, 4.69) is 0 Å². The second-order valence-corrected chi connectivity index (χ2v) is 5.62. The van der Waals surface area contributed by atoms with Crippen molar-refractivity contribution < 1.29 is 0 Å². The van der Waals surface area contributed by atoms with Gasteiger partial charge in [0.2, 0.25) is 0 Å². The van der Waals surface area contributed by atoms with Gasteiger partial charge in [-0.2, -0.15) is 0 Å². The van der Waals surface area contributed by atoms with Crippen molar-refractivity contribution in [3.05, 3.63) is 66.5 Å². The third-order valence-electron chi connectivity index (χ3n) is 1.76. The lowest BCUT2D eigenvalue weighted by atomic mass is 10.4. The maximum Gasteiger partial charge on any atom is 0.0607 e. The van der Waals surface area contributed by atoms with Crippen LogP contribution in [0.1, 0.15) is 0 Å². The van der Waals surface area contributed by atoms with E-state index in [1.807, 2.05) is 0 Å². The minimum absolute atomic E-state index is 0.490. The highest BCUT2D eigenvalue weighted by molar-refractivity contribution is 6.43. The van der Waals surface area contributed by atoms with Crippen LogP contribution >= 0.6 is 69.6 Å². The second kappa shape index (κ2) is 7.69. The molecule has 96 valence electrons. The van der Waals surface area contributed by atoms with Crippen molar-refractivity contribution in [2.75, 3.05) is 0 Å². The molecule has 0 N–H and O–H groups in total. The predicted molar refractivity (Wildman–Crippen MR) is 82.9 cm³/mol. The van der Waals surface area contributed by atoms with Crippen molar-refractivity contribution in [2.24, 2.45) is 0 Å². The monoisotopic (exact) mass is 360 g/mol. The summed E-state index contributed by atoms with van der Waals surface area (Å²) >= 11 is 33.5. The highest BCUT2D eigenvalue weighted by Gasteiger charge is 1.95. The van der Waals surface area contributed by atoms with Gasteiger partial charge in [0.1, 0.15) is 0 Å². The molecule has 2 rings (SSSR count). The van der Waals surface area contributed by atoms with Crippen LogP contribution in [0, 0.1) is 0 Å². The molecule has 0 amide bonds.